The van der Waals surface area contributed by atoms with Gasteiger partial charge >= 0.3 is 23.9 Å². The van der Waals surface area contributed by atoms with E-state index < -0.39 is 27.9 Å². The minimum absolute atomic E-state index is 0.0114. The van der Waals surface area contributed by atoms with Gasteiger partial charge in [0.05, 0.1) is 46.1 Å². The summed E-state index contributed by atoms with van der Waals surface area (Å²) in [5.41, 5.74) is -1.16. The van der Waals surface area contributed by atoms with E-state index in [0.717, 1.165) is 98.7 Å². The Bertz CT molecular complexity index is 2060. The maximum absolute atomic E-state index is 12.3. The van der Waals surface area contributed by atoms with Crippen molar-refractivity contribution < 1.29 is 61.9 Å². The van der Waals surface area contributed by atoms with Crippen LogP contribution in [0.2, 0.25) is 0 Å². The first-order valence-electron chi connectivity index (χ1n) is 31.8. The molecule has 0 spiro atoms. The number of fused-ring (bicyclic) bond motifs is 4. The number of ether oxygens (including phenoxy) is 8. The van der Waals surface area contributed by atoms with E-state index in [1.54, 1.807) is 0 Å². The minimum atomic E-state index is -0.469. The molecule has 0 aromatic heterocycles. The van der Waals surface area contributed by atoms with Crippen LogP contribution >= 0.6 is 0 Å². The normalized spacial score (nSPS) is 36.3. The topological polar surface area (TPSA) is 159 Å². The van der Waals surface area contributed by atoms with Crippen LogP contribution in [-0.4, -0.2) is 80.7 Å². The second kappa shape index (κ2) is 25.7. The van der Waals surface area contributed by atoms with Gasteiger partial charge in [0.25, 0.3) is 0 Å². The van der Waals surface area contributed by atoms with E-state index in [2.05, 4.69) is 20.8 Å². The lowest BCUT2D eigenvalue weighted by Gasteiger charge is -2.53. The zero-order chi connectivity index (χ0) is 58.0. The Morgan fingerprint density at radius 2 is 0.962 bits per heavy atom. The molecule has 12 rings (SSSR count). The van der Waals surface area contributed by atoms with Crippen LogP contribution in [0.25, 0.3) is 0 Å². The van der Waals surface area contributed by atoms with Crippen LogP contribution in [0.4, 0.5) is 0 Å². The highest BCUT2D eigenvalue weighted by molar-refractivity contribution is 5.86. The Hall–Kier alpha value is -2.61. The molecule has 0 heterocycles. The van der Waals surface area contributed by atoms with Crippen molar-refractivity contribution in [3.63, 3.8) is 0 Å². The van der Waals surface area contributed by atoms with Gasteiger partial charge in [-0.2, -0.15) is 0 Å². The molecule has 12 bridgehead atoms. The molecule has 13 heteroatoms. The summed E-state index contributed by atoms with van der Waals surface area (Å²) >= 11 is 0. The van der Waals surface area contributed by atoms with E-state index in [0.29, 0.717) is 29.3 Å². The lowest BCUT2D eigenvalue weighted by Crippen LogP contribution is -2.55. The molecule has 79 heavy (non-hydrogen) atoms. The third-order valence-corrected chi connectivity index (χ3v) is 23.3. The third-order valence-electron chi connectivity index (χ3n) is 23.3. The summed E-state index contributed by atoms with van der Waals surface area (Å²) in [6, 6.07) is 0. The second-order valence-electron chi connectivity index (χ2n) is 30.2. The van der Waals surface area contributed by atoms with Gasteiger partial charge in [-0.15, -0.1) is 0 Å². The molecule has 12 saturated carbocycles. The number of Topliss-reactive ketones (excluding diaryl/α,β-unsaturated/α-hetero) is 1. The van der Waals surface area contributed by atoms with E-state index in [-0.39, 0.29) is 73.7 Å². The van der Waals surface area contributed by atoms with Crippen molar-refractivity contribution in [2.24, 2.45) is 97.6 Å². The van der Waals surface area contributed by atoms with Gasteiger partial charge in [0.2, 0.25) is 0 Å². The molecule has 0 radical (unpaired) electrons. The highest BCUT2D eigenvalue weighted by atomic mass is 16.7. The molecular formula is C66H110O13. The van der Waals surface area contributed by atoms with Gasteiger partial charge in [-0.1, -0.05) is 48.5 Å². The van der Waals surface area contributed by atoms with Crippen molar-refractivity contribution in [1.29, 1.82) is 0 Å². The molecule has 12 aliphatic carbocycles. The molecule has 0 aliphatic heterocycles. The highest BCUT2D eigenvalue weighted by Gasteiger charge is 2.62. The Morgan fingerprint density at radius 3 is 1.41 bits per heavy atom. The maximum atomic E-state index is 12.3. The SMILES string of the molecule is CCC(C)(C)C(=O)OC(C)OC1CC2CCC1(C)C2(C)C.CCC(C)(C)C(=O)OCOC1C2CC3CC(C2)C(=O)C1C3.CCC(C)(C)C(=O)OCOC1C2CC3CC(C2)CC1C3.CCC(C)(C)C(=O)OCOC1CC2CCC1C2. The molecule has 12 fully saturated rings. The number of carbonyl (C=O) groups is 5. The molecule has 0 aromatic carbocycles. The van der Waals surface area contributed by atoms with E-state index in [9.17, 15) is 24.0 Å². The maximum Gasteiger partial charge on any atom is 0.313 e. The molecule has 0 saturated heterocycles. The van der Waals surface area contributed by atoms with Gasteiger partial charge in [0.1, 0.15) is 5.78 Å². The van der Waals surface area contributed by atoms with Crippen LogP contribution in [0.1, 0.15) is 239 Å². The van der Waals surface area contributed by atoms with Crippen LogP contribution in [-0.2, 0) is 61.9 Å². The lowest BCUT2D eigenvalue weighted by atomic mass is 9.54. The molecule has 12 aliphatic rings. The average molecular weight is 1110 g/mol. The Kier molecular flexibility index (Phi) is 20.8. The quantitative estimate of drug-likeness (QED) is 0.0644. The predicted octanol–water partition coefficient (Wildman–Crippen LogP) is 14.4. The Morgan fingerprint density at radius 1 is 0.506 bits per heavy atom. The standard InChI is InChI=1S/C18H32O3.C17H26O4.C17H28O3.C14H24O3/c1-8-16(3,4)15(19)21-12(2)20-14-11-13-9-10-18(14,7)17(13,5)6;1-4-17(2,3)16(19)21-9-20-15-12-6-10-5-11(8-12)14(18)13(15)7-10;1-4-17(2,3)16(18)20-10-19-15-13-6-11-5-12(8-13)9-14(15)7-11;1-4-14(2,3)13(15)17-9-16-12-8-10-5-6-11(12)7-10/h12-14H,8-11H2,1-7H3;10-13,15H,4-9H2,1-3H3;11-15H,4-10H2,1-3H3;10-12H,4-9H2,1-3H3. The Balaban J connectivity index is 0.000000153. The van der Waals surface area contributed by atoms with Crippen molar-refractivity contribution in [3.05, 3.63) is 0 Å². The number of esters is 4. The molecule has 13 nitrogen and oxygen atoms in total. The molecule has 0 N–H and O–H groups in total. The van der Waals surface area contributed by atoms with E-state index >= 15 is 0 Å². The summed E-state index contributed by atoms with van der Waals surface area (Å²) in [6.07, 6.45) is 23.3. The molecule has 452 valence electrons. The van der Waals surface area contributed by atoms with E-state index in [1.165, 1.54) is 77.0 Å². The van der Waals surface area contributed by atoms with E-state index in [4.69, 9.17) is 37.9 Å². The average Bonchev–Trinajstić information content (AvgIpc) is 4.37. The number of ketones is 1. The predicted molar refractivity (Wildman–Crippen MR) is 303 cm³/mol. The summed E-state index contributed by atoms with van der Waals surface area (Å²) in [5, 5.41) is 0. The zero-order valence-electron chi connectivity index (χ0n) is 52.3. The summed E-state index contributed by atoms with van der Waals surface area (Å²) in [4.78, 5) is 60.1. The van der Waals surface area contributed by atoms with Crippen LogP contribution in [0.15, 0.2) is 0 Å². The highest BCUT2D eigenvalue weighted by Crippen LogP contribution is 2.66. The fourth-order valence-electron chi connectivity index (χ4n) is 15.9. The third kappa shape index (κ3) is 14.5. The largest absolute Gasteiger partial charge is 0.438 e. The molecule has 12 atom stereocenters. The first-order valence-corrected chi connectivity index (χ1v) is 31.8. The number of rotatable bonds is 20. The van der Waals surface area contributed by atoms with Crippen molar-refractivity contribution in [3.8, 4) is 0 Å². The van der Waals surface area contributed by atoms with Crippen LogP contribution in [0.5, 0.6) is 0 Å². The first-order chi connectivity index (χ1) is 37.0. The monoisotopic (exact) mass is 1110 g/mol. The van der Waals surface area contributed by atoms with Crippen LogP contribution in [0, 0.1) is 97.6 Å². The van der Waals surface area contributed by atoms with Gasteiger partial charge in [-0.05, 0) is 255 Å². The van der Waals surface area contributed by atoms with Crippen LogP contribution in [0.3, 0.4) is 0 Å². The second-order valence-corrected chi connectivity index (χ2v) is 30.2. The van der Waals surface area contributed by atoms with Gasteiger partial charge < -0.3 is 37.9 Å². The summed E-state index contributed by atoms with van der Waals surface area (Å²) in [6.45, 7) is 32.5. The molecule has 0 aromatic rings. The summed E-state index contributed by atoms with van der Waals surface area (Å²) < 4.78 is 45.0. The molecular weight excluding hydrogens is 1000 g/mol. The number of carbonyl (C=O) groups excluding carboxylic acids is 5. The Labute approximate surface area is 477 Å². The summed E-state index contributed by atoms with van der Waals surface area (Å²) in [5.74, 6) is 6.97. The van der Waals surface area contributed by atoms with Gasteiger partial charge in [-0.3, -0.25) is 24.0 Å². The molecule has 12 unspecified atom stereocenters. The first kappa shape index (κ1) is 64.0. The lowest BCUT2D eigenvalue weighted by molar-refractivity contribution is -0.206. The van der Waals surface area contributed by atoms with Crippen LogP contribution < -0.4 is 0 Å². The number of hydrogen-bond acceptors (Lipinski definition) is 13. The van der Waals surface area contributed by atoms with Gasteiger partial charge in [-0.25, -0.2) is 0 Å². The number of hydrogen-bond donors (Lipinski definition) is 0. The van der Waals surface area contributed by atoms with E-state index in [1.807, 2.05) is 90.0 Å². The fourth-order valence-corrected chi connectivity index (χ4v) is 15.9. The van der Waals surface area contributed by atoms with Crippen molar-refractivity contribution in [2.75, 3.05) is 20.4 Å². The van der Waals surface area contributed by atoms with Gasteiger partial charge in [0.15, 0.2) is 26.7 Å². The van der Waals surface area contributed by atoms with Crippen molar-refractivity contribution in [1.82, 2.24) is 0 Å². The van der Waals surface area contributed by atoms with Crippen molar-refractivity contribution >= 4 is 29.7 Å². The minimum Gasteiger partial charge on any atom is -0.438 e. The van der Waals surface area contributed by atoms with Gasteiger partial charge in [0, 0.05) is 11.8 Å². The van der Waals surface area contributed by atoms with Crippen molar-refractivity contribution in [2.45, 2.75) is 270 Å². The smallest absolute Gasteiger partial charge is 0.313 e. The summed E-state index contributed by atoms with van der Waals surface area (Å²) in [7, 11) is 0. The molecule has 0 amide bonds. The zero-order valence-corrected chi connectivity index (χ0v) is 52.3. The fraction of sp³-hybridized carbons (Fsp3) is 0.924.